The highest BCUT2D eigenvalue weighted by Crippen LogP contribution is 2.35. The van der Waals surface area contributed by atoms with Crippen molar-refractivity contribution in [2.45, 2.75) is 50.2 Å². The standard InChI is InChI=1S/C23H31NO5S/c1-4-13-24(14-15-29-30(26,27)20-10-5-17(2)6-11-20)22-12-8-18-7-9-19(28-3)16-21(18)23(22)25/h5-7,9-11,16,22-23,25H,4,8,12-15H2,1-3H3/t22-,23-/m1/s1. The second-order valence-corrected chi connectivity index (χ2v) is 9.36. The van der Waals surface area contributed by atoms with Crippen molar-refractivity contribution in [3.63, 3.8) is 0 Å². The molecule has 0 aromatic heterocycles. The molecule has 1 N–H and O–H groups in total. The van der Waals surface area contributed by atoms with Crippen molar-refractivity contribution in [2.24, 2.45) is 0 Å². The van der Waals surface area contributed by atoms with Gasteiger partial charge in [-0.15, -0.1) is 0 Å². The number of aliphatic hydroxyl groups is 1. The summed E-state index contributed by atoms with van der Waals surface area (Å²) in [5.41, 5.74) is 3.01. The normalized spacial score (nSPS) is 19.0. The Bertz CT molecular complexity index is 943. The quantitative estimate of drug-likeness (QED) is 0.611. The molecule has 0 heterocycles. The Morgan fingerprint density at radius 1 is 1.13 bits per heavy atom. The van der Waals surface area contributed by atoms with E-state index in [0.717, 1.165) is 48.2 Å². The monoisotopic (exact) mass is 433 g/mol. The van der Waals surface area contributed by atoms with Crippen LogP contribution in [0.3, 0.4) is 0 Å². The van der Waals surface area contributed by atoms with E-state index in [1.165, 1.54) is 0 Å². The molecule has 7 heteroatoms. The Kier molecular flexibility index (Phi) is 7.52. The van der Waals surface area contributed by atoms with Gasteiger partial charge in [0.1, 0.15) is 5.75 Å². The van der Waals surface area contributed by atoms with E-state index < -0.39 is 16.2 Å². The maximum Gasteiger partial charge on any atom is 0.297 e. The lowest BCUT2D eigenvalue weighted by Crippen LogP contribution is -2.44. The molecular formula is C23H31NO5S. The molecule has 0 saturated heterocycles. The Hall–Kier alpha value is -1.93. The van der Waals surface area contributed by atoms with Gasteiger partial charge in [-0.3, -0.25) is 9.08 Å². The van der Waals surface area contributed by atoms with Crippen LogP contribution in [0.5, 0.6) is 5.75 Å². The third kappa shape index (κ3) is 5.21. The molecule has 2 aromatic carbocycles. The third-order valence-corrected chi connectivity index (χ3v) is 6.98. The van der Waals surface area contributed by atoms with E-state index in [1.807, 2.05) is 25.1 Å². The van der Waals surface area contributed by atoms with Gasteiger partial charge in [-0.1, -0.05) is 30.7 Å². The molecule has 1 aliphatic carbocycles. The van der Waals surface area contributed by atoms with Gasteiger partial charge >= 0.3 is 0 Å². The molecule has 1 aliphatic rings. The van der Waals surface area contributed by atoms with Crippen LogP contribution in [-0.2, 0) is 20.7 Å². The predicted molar refractivity (Wildman–Crippen MR) is 116 cm³/mol. The summed E-state index contributed by atoms with van der Waals surface area (Å²) in [6.07, 6.45) is 1.93. The maximum absolute atomic E-state index is 12.5. The second-order valence-electron chi connectivity index (χ2n) is 7.74. The van der Waals surface area contributed by atoms with Crippen LogP contribution < -0.4 is 4.74 Å². The predicted octanol–water partition coefficient (Wildman–Crippen LogP) is 3.47. The zero-order valence-electron chi connectivity index (χ0n) is 17.9. The lowest BCUT2D eigenvalue weighted by atomic mass is 9.84. The Morgan fingerprint density at radius 2 is 1.87 bits per heavy atom. The molecule has 0 amide bonds. The smallest absolute Gasteiger partial charge is 0.297 e. The van der Waals surface area contributed by atoms with Crippen LogP contribution in [0.25, 0.3) is 0 Å². The molecular weight excluding hydrogens is 402 g/mol. The first-order valence-corrected chi connectivity index (χ1v) is 11.8. The van der Waals surface area contributed by atoms with Gasteiger partial charge in [0.05, 0.1) is 24.7 Å². The molecule has 0 radical (unpaired) electrons. The van der Waals surface area contributed by atoms with Crippen molar-refractivity contribution in [1.29, 1.82) is 0 Å². The number of ether oxygens (including phenoxy) is 1. The summed E-state index contributed by atoms with van der Waals surface area (Å²) in [6, 6.07) is 12.4. The number of aryl methyl sites for hydroxylation is 2. The lowest BCUT2D eigenvalue weighted by Gasteiger charge is -2.38. The number of aliphatic hydroxyl groups excluding tert-OH is 1. The fourth-order valence-corrected chi connectivity index (χ4v) is 4.92. The molecule has 0 spiro atoms. The summed E-state index contributed by atoms with van der Waals surface area (Å²) in [5, 5.41) is 11.0. The summed E-state index contributed by atoms with van der Waals surface area (Å²) in [5.74, 6) is 0.725. The fraction of sp³-hybridized carbons (Fsp3) is 0.478. The Morgan fingerprint density at radius 3 is 2.53 bits per heavy atom. The average molecular weight is 434 g/mol. The Labute approximate surface area is 179 Å². The van der Waals surface area contributed by atoms with Crippen molar-refractivity contribution in [3.8, 4) is 5.75 Å². The van der Waals surface area contributed by atoms with Crippen molar-refractivity contribution < 1.29 is 22.4 Å². The summed E-state index contributed by atoms with van der Waals surface area (Å²) >= 11 is 0. The van der Waals surface area contributed by atoms with E-state index in [0.29, 0.717) is 6.54 Å². The fourth-order valence-electron chi connectivity index (χ4n) is 4.02. The van der Waals surface area contributed by atoms with Crippen LogP contribution in [0.15, 0.2) is 47.4 Å². The van der Waals surface area contributed by atoms with Crippen LogP contribution in [-0.4, -0.2) is 51.3 Å². The number of hydrogen-bond donors (Lipinski definition) is 1. The van der Waals surface area contributed by atoms with Crippen LogP contribution in [0.1, 0.15) is 42.6 Å². The topological polar surface area (TPSA) is 76.1 Å². The molecule has 164 valence electrons. The van der Waals surface area contributed by atoms with Gasteiger partial charge in [0.15, 0.2) is 0 Å². The molecule has 2 aromatic rings. The summed E-state index contributed by atoms with van der Waals surface area (Å²) < 4.78 is 35.5. The Balaban J connectivity index is 1.67. The molecule has 0 bridgehead atoms. The van der Waals surface area contributed by atoms with Gasteiger partial charge in [0.25, 0.3) is 10.1 Å². The van der Waals surface area contributed by atoms with E-state index in [-0.39, 0.29) is 17.5 Å². The van der Waals surface area contributed by atoms with E-state index in [9.17, 15) is 13.5 Å². The number of benzene rings is 2. The van der Waals surface area contributed by atoms with E-state index >= 15 is 0 Å². The van der Waals surface area contributed by atoms with Gasteiger partial charge in [-0.25, -0.2) is 0 Å². The zero-order chi connectivity index (χ0) is 21.7. The first-order chi connectivity index (χ1) is 14.4. The lowest BCUT2D eigenvalue weighted by molar-refractivity contribution is 0.0295. The minimum Gasteiger partial charge on any atom is -0.497 e. The van der Waals surface area contributed by atoms with Crippen LogP contribution in [0.2, 0.25) is 0 Å². The minimum absolute atomic E-state index is 0.0460. The van der Waals surface area contributed by atoms with Crippen LogP contribution in [0.4, 0.5) is 0 Å². The average Bonchev–Trinajstić information content (AvgIpc) is 2.73. The molecule has 2 atom stereocenters. The van der Waals surface area contributed by atoms with E-state index in [2.05, 4.69) is 11.8 Å². The highest BCUT2D eigenvalue weighted by Gasteiger charge is 2.32. The number of methoxy groups -OCH3 is 1. The van der Waals surface area contributed by atoms with Crippen molar-refractivity contribution in [1.82, 2.24) is 4.90 Å². The molecule has 30 heavy (non-hydrogen) atoms. The number of nitrogens with zero attached hydrogens (tertiary/aromatic N) is 1. The van der Waals surface area contributed by atoms with Crippen LogP contribution >= 0.6 is 0 Å². The number of hydrogen-bond acceptors (Lipinski definition) is 6. The van der Waals surface area contributed by atoms with Gasteiger partial charge in [-0.2, -0.15) is 8.42 Å². The largest absolute Gasteiger partial charge is 0.497 e. The molecule has 0 unspecified atom stereocenters. The molecule has 0 fully saturated rings. The number of rotatable bonds is 9. The molecule has 0 saturated carbocycles. The molecule has 3 rings (SSSR count). The van der Waals surface area contributed by atoms with Gasteiger partial charge < -0.3 is 9.84 Å². The third-order valence-electron chi connectivity index (χ3n) is 5.65. The molecule has 6 nitrogen and oxygen atoms in total. The van der Waals surface area contributed by atoms with Crippen molar-refractivity contribution in [2.75, 3.05) is 26.8 Å². The van der Waals surface area contributed by atoms with Crippen molar-refractivity contribution >= 4 is 10.1 Å². The SMILES string of the molecule is CCCN(CCOS(=O)(=O)c1ccc(C)cc1)[C@@H]1CCc2ccc(OC)cc2[C@H]1O. The zero-order valence-corrected chi connectivity index (χ0v) is 18.7. The molecule has 0 aliphatic heterocycles. The van der Waals surface area contributed by atoms with Gasteiger partial charge in [0, 0.05) is 12.6 Å². The summed E-state index contributed by atoms with van der Waals surface area (Å²) in [7, 11) is -2.18. The minimum atomic E-state index is -3.80. The van der Waals surface area contributed by atoms with E-state index in [1.54, 1.807) is 31.4 Å². The van der Waals surface area contributed by atoms with Gasteiger partial charge in [-0.05, 0) is 68.1 Å². The summed E-state index contributed by atoms with van der Waals surface area (Å²) in [4.78, 5) is 2.30. The number of fused-ring (bicyclic) bond motifs is 1. The second kappa shape index (κ2) is 9.92. The van der Waals surface area contributed by atoms with E-state index in [4.69, 9.17) is 8.92 Å². The van der Waals surface area contributed by atoms with Gasteiger partial charge in [0.2, 0.25) is 0 Å². The summed E-state index contributed by atoms with van der Waals surface area (Å²) in [6.45, 7) is 5.21. The first kappa shape index (κ1) is 22.7. The van der Waals surface area contributed by atoms with Crippen molar-refractivity contribution in [3.05, 3.63) is 59.2 Å². The highest BCUT2D eigenvalue weighted by atomic mass is 32.2. The highest BCUT2D eigenvalue weighted by molar-refractivity contribution is 7.86. The first-order valence-electron chi connectivity index (χ1n) is 10.4. The van der Waals surface area contributed by atoms with Crippen LogP contribution in [0, 0.1) is 6.92 Å². The maximum atomic E-state index is 12.5.